The molecule has 168 valence electrons. The molecular weight excluding hydrogens is 429 g/mol. The molecule has 33 heavy (non-hydrogen) atoms. The first-order chi connectivity index (χ1) is 15.7. The lowest BCUT2D eigenvalue weighted by Crippen LogP contribution is -2.35. The van der Waals surface area contributed by atoms with Gasteiger partial charge in [-0.2, -0.15) is 0 Å². The highest BCUT2D eigenvalue weighted by atomic mass is 19.1. The number of hydrogen-bond acceptors (Lipinski definition) is 5. The fourth-order valence-electron chi connectivity index (χ4n) is 4.08. The Balaban J connectivity index is 1.51. The van der Waals surface area contributed by atoms with Gasteiger partial charge in [0.05, 0.1) is 22.6 Å². The van der Waals surface area contributed by atoms with Crippen molar-refractivity contribution in [3.63, 3.8) is 0 Å². The topological polar surface area (TPSA) is 103 Å². The number of nitrogens with zero attached hydrogens (tertiary/aromatic N) is 3. The number of nitro benzene ring substituents is 1. The summed E-state index contributed by atoms with van der Waals surface area (Å²) >= 11 is 0. The molecule has 2 heterocycles. The number of ketones is 1. The van der Waals surface area contributed by atoms with Crippen LogP contribution in [0, 0.1) is 29.8 Å². The summed E-state index contributed by atoms with van der Waals surface area (Å²) in [7, 11) is 0. The molecule has 0 atom stereocenters. The van der Waals surface area contributed by atoms with Crippen molar-refractivity contribution in [3.8, 4) is 0 Å². The molecule has 1 aliphatic heterocycles. The molecule has 2 aromatic carbocycles. The van der Waals surface area contributed by atoms with Gasteiger partial charge in [0.1, 0.15) is 5.82 Å². The van der Waals surface area contributed by atoms with Gasteiger partial charge in [-0.15, -0.1) is 0 Å². The first-order valence-electron chi connectivity index (χ1n) is 10.3. The van der Waals surface area contributed by atoms with Crippen LogP contribution >= 0.6 is 0 Å². The van der Waals surface area contributed by atoms with Gasteiger partial charge in [-0.05, 0) is 50.1 Å². The summed E-state index contributed by atoms with van der Waals surface area (Å²) in [4.78, 5) is 49.5. The Morgan fingerprint density at radius 3 is 2.33 bits per heavy atom. The fraction of sp³-hybridized carbons (Fsp3) is 0.208. The van der Waals surface area contributed by atoms with Crippen LogP contribution in [0.15, 0.2) is 48.5 Å². The molecule has 1 aromatic heterocycles. The van der Waals surface area contributed by atoms with E-state index < -0.39 is 29.1 Å². The second-order valence-corrected chi connectivity index (χ2v) is 7.92. The lowest BCUT2D eigenvalue weighted by Gasteiger charge is -2.13. The number of carbonyl (C=O) groups excluding carboxylic acids is 3. The molecule has 0 radical (unpaired) electrons. The minimum absolute atomic E-state index is 0.0446. The van der Waals surface area contributed by atoms with Crippen molar-refractivity contribution in [1.82, 2.24) is 9.47 Å². The Labute approximate surface area is 188 Å². The SMILES string of the molecule is Cc1cc(C(=O)CN2C(=O)c3ccc([N+](=O)[O-])cc3C2=O)c(C)n1CCc1ccc(F)cc1. The zero-order valence-electron chi connectivity index (χ0n) is 18.0. The average Bonchev–Trinajstić information content (AvgIpc) is 3.20. The van der Waals surface area contributed by atoms with Crippen molar-refractivity contribution in [2.75, 3.05) is 6.54 Å². The molecule has 4 rings (SSSR count). The number of rotatable bonds is 7. The van der Waals surface area contributed by atoms with Crippen LogP contribution in [0.3, 0.4) is 0 Å². The normalized spacial score (nSPS) is 12.9. The summed E-state index contributed by atoms with van der Waals surface area (Å²) in [5.74, 6) is -2.08. The standard InChI is InChI=1S/C24H20FN3O5/c1-14-11-20(15(2)26(14)10-9-16-3-5-17(25)6-4-16)22(29)13-27-23(30)19-8-7-18(28(32)33)12-21(19)24(27)31/h3-8,11-12H,9-10,13H2,1-2H3. The quantitative estimate of drug-likeness (QED) is 0.236. The maximum atomic E-state index is 13.1. The van der Waals surface area contributed by atoms with Crippen LogP contribution in [0.5, 0.6) is 0 Å². The summed E-state index contributed by atoms with van der Waals surface area (Å²) in [6.45, 7) is 3.77. The number of aromatic nitrogens is 1. The number of imide groups is 1. The lowest BCUT2D eigenvalue weighted by atomic mass is 10.1. The Morgan fingerprint density at radius 2 is 1.67 bits per heavy atom. The van der Waals surface area contributed by atoms with Gasteiger partial charge in [0.15, 0.2) is 5.78 Å². The largest absolute Gasteiger partial charge is 0.348 e. The Hall–Kier alpha value is -4.14. The molecule has 0 spiro atoms. The number of Topliss-reactive ketones (excluding diaryl/α,β-unsaturated/α-hetero) is 1. The second kappa shape index (κ2) is 8.42. The number of carbonyl (C=O) groups is 3. The summed E-state index contributed by atoms with van der Waals surface area (Å²) in [6, 6.07) is 11.4. The van der Waals surface area contributed by atoms with Gasteiger partial charge < -0.3 is 4.57 Å². The van der Waals surface area contributed by atoms with Crippen molar-refractivity contribution < 1.29 is 23.7 Å². The van der Waals surface area contributed by atoms with E-state index in [0.717, 1.165) is 28.3 Å². The van der Waals surface area contributed by atoms with Crippen LogP contribution < -0.4 is 0 Å². The van der Waals surface area contributed by atoms with Gasteiger partial charge in [0.25, 0.3) is 17.5 Å². The van der Waals surface area contributed by atoms with Crippen LogP contribution in [0.2, 0.25) is 0 Å². The Bertz CT molecular complexity index is 1310. The van der Waals surface area contributed by atoms with Crippen molar-refractivity contribution >= 4 is 23.3 Å². The number of benzene rings is 2. The van der Waals surface area contributed by atoms with Crippen LogP contribution in [-0.4, -0.2) is 38.5 Å². The van der Waals surface area contributed by atoms with E-state index in [2.05, 4.69) is 0 Å². The molecule has 9 heteroatoms. The average molecular weight is 449 g/mol. The van der Waals surface area contributed by atoms with E-state index in [0.29, 0.717) is 24.2 Å². The molecule has 0 N–H and O–H groups in total. The van der Waals surface area contributed by atoms with Crippen LogP contribution in [0.1, 0.15) is 48.0 Å². The van der Waals surface area contributed by atoms with E-state index in [1.165, 1.54) is 18.2 Å². The van der Waals surface area contributed by atoms with Gasteiger partial charge in [0, 0.05) is 35.6 Å². The van der Waals surface area contributed by atoms with E-state index in [4.69, 9.17) is 0 Å². The minimum atomic E-state index is -0.725. The molecule has 0 saturated heterocycles. The number of amides is 2. The van der Waals surface area contributed by atoms with Gasteiger partial charge in [-0.1, -0.05) is 12.1 Å². The number of aryl methyl sites for hydroxylation is 2. The van der Waals surface area contributed by atoms with E-state index >= 15 is 0 Å². The maximum absolute atomic E-state index is 13.1. The van der Waals surface area contributed by atoms with Crippen molar-refractivity contribution in [2.24, 2.45) is 0 Å². The van der Waals surface area contributed by atoms with Gasteiger partial charge >= 0.3 is 0 Å². The molecule has 8 nitrogen and oxygen atoms in total. The first-order valence-corrected chi connectivity index (χ1v) is 10.3. The highest BCUT2D eigenvalue weighted by Gasteiger charge is 2.38. The smallest absolute Gasteiger partial charge is 0.270 e. The molecule has 0 fully saturated rings. The van der Waals surface area contributed by atoms with Crippen molar-refractivity contribution in [2.45, 2.75) is 26.8 Å². The third kappa shape index (κ3) is 4.05. The van der Waals surface area contributed by atoms with Gasteiger partial charge in [-0.25, -0.2) is 4.39 Å². The highest BCUT2D eigenvalue weighted by Crippen LogP contribution is 2.27. The van der Waals surface area contributed by atoms with E-state index in [-0.39, 0.29) is 22.6 Å². The number of fused-ring (bicyclic) bond motifs is 1. The maximum Gasteiger partial charge on any atom is 0.270 e. The lowest BCUT2D eigenvalue weighted by molar-refractivity contribution is -0.384. The number of hydrogen-bond donors (Lipinski definition) is 0. The minimum Gasteiger partial charge on any atom is -0.348 e. The van der Waals surface area contributed by atoms with Crippen LogP contribution in [0.25, 0.3) is 0 Å². The van der Waals surface area contributed by atoms with Crippen LogP contribution in [-0.2, 0) is 13.0 Å². The summed E-state index contributed by atoms with van der Waals surface area (Å²) in [6.07, 6.45) is 0.640. The predicted octanol–water partition coefficient (Wildman–Crippen LogP) is 3.87. The monoisotopic (exact) mass is 449 g/mol. The van der Waals surface area contributed by atoms with E-state index in [9.17, 15) is 28.9 Å². The molecule has 1 aliphatic rings. The van der Waals surface area contributed by atoms with Crippen LogP contribution in [0.4, 0.5) is 10.1 Å². The Kier molecular flexibility index (Phi) is 5.63. The molecule has 0 unspecified atom stereocenters. The third-order valence-electron chi connectivity index (χ3n) is 5.88. The Morgan fingerprint density at radius 1 is 1.00 bits per heavy atom. The number of non-ortho nitro benzene ring substituents is 1. The van der Waals surface area contributed by atoms with E-state index in [1.54, 1.807) is 25.1 Å². The summed E-state index contributed by atoms with van der Waals surface area (Å²) in [5.41, 5.74) is 2.57. The zero-order chi connectivity index (χ0) is 23.9. The molecule has 0 saturated carbocycles. The molecule has 2 amide bonds. The van der Waals surface area contributed by atoms with Crippen molar-refractivity contribution in [3.05, 3.63) is 98.1 Å². The molecule has 0 bridgehead atoms. The summed E-state index contributed by atoms with van der Waals surface area (Å²) < 4.78 is 15.1. The first kappa shape index (κ1) is 22.1. The second-order valence-electron chi connectivity index (χ2n) is 7.92. The molecule has 0 aliphatic carbocycles. The van der Waals surface area contributed by atoms with E-state index in [1.807, 2.05) is 11.5 Å². The number of halogens is 1. The summed E-state index contributed by atoms with van der Waals surface area (Å²) in [5, 5.41) is 11.0. The third-order valence-corrected chi connectivity index (χ3v) is 5.88. The zero-order valence-corrected chi connectivity index (χ0v) is 18.0. The fourth-order valence-corrected chi connectivity index (χ4v) is 4.08. The highest BCUT2D eigenvalue weighted by molar-refractivity contribution is 6.23. The number of nitro groups is 1. The van der Waals surface area contributed by atoms with Gasteiger partial charge in [-0.3, -0.25) is 29.4 Å². The molecule has 3 aromatic rings. The van der Waals surface area contributed by atoms with Gasteiger partial charge in [0.2, 0.25) is 0 Å². The molecular formula is C24H20FN3O5. The predicted molar refractivity (Wildman–Crippen MR) is 117 cm³/mol. The van der Waals surface area contributed by atoms with Crippen molar-refractivity contribution in [1.29, 1.82) is 0 Å².